The largest absolute Gasteiger partial charge is 0.348 e. The summed E-state index contributed by atoms with van der Waals surface area (Å²) in [5, 5.41) is 9.99. The maximum absolute atomic E-state index is 13.1. The van der Waals surface area contributed by atoms with E-state index in [4.69, 9.17) is 5.10 Å². The molecular formula is C21H22N4OS. The number of nitrogens with one attached hydrogen (secondary N) is 1. The van der Waals surface area contributed by atoms with Gasteiger partial charge in [0.15, 0.2) is 0 Å². The van der Waals surface area contributed by atoms with Crippen LogP contribution in [0.4, 0.5) is 0 Å². The molecule has 138 valence electrons. The third kappa shape index (κ3) is 3.42. The van der Waals surface area contributed by atoms with Crippen LogP contribution in [0.1, 0.15) is 29.6 Å². The van der Waals surface area contributed by atoms with Crippen molar-refractivity contribution in [2.24, 2.45) is 0 Å². The van der Waals surface area contributed by atoms with Gasteiger partial charge in [-0.2, -0.15) is 5.10 Å². The van der Waals surface area contributed by atoms with Crippen LogP contribution in [0.25, 0.3) is 16.3 Å². The van der Waals surface area contributed by atoms with Gasteiger partial charge in [-0.25, -0.2) is 4.68 Å². The molecule has 6 heteroatoms. The lowest BCUT2D eigenvalue weighted by Crippen LogP contribution is -2.37. The van der Waals surface area contributed by atoms with Crippen molar-refractivity contribution in [1.29, 1.82) is 0 Å². The Labute approximate surface area is 162 Å². The minimum Gasteiger partial charge on any atom is -0.348 e. The Hall–Kier alpha value is -2.44. The van der Waals surface area contributed by atoms with Crippen LogP contribution in [0.2, 0.25) is 0 Å². The lowest BCUT2D eigenvalue weighted by molar-refractivity contribution is 0.0938. The summed E-state index contributed by atoms with van der Waals surface area (Å²) in [6.45, 7) is 2.06. The number of hydrogen-bond donors (Lipinski definition) is 1. The number of thiophene rings is 1. The van der Waals surface area contributed by atoms with E-state index in [0.29, 0.717) is 5.56 Å². The van der Waals surface area contributed by atoms with Crippen molar-refractivity contribution < 1.29 is 4.79 Å². The molecule has 1 aliphatic carbocycles. The molecule has 2 aliphatic rings. The minimum absolute atomic E-state index is 0.0248. The van der Waals surface area contributed by atoms with E-state index in [1.54, 1.807) is 16.0 Å². The monoisotopic (exact) mass is 378 g/mol. The van der Waals surface area contributed by atoms with E-state index in [9.17, 15) is 4.79 Å². The molecule has 1 saturated carbocycles. The van der Waals surface area contributed by atoms with Crippen LogP contribution < -0.4 is 5.32 Å². The van der Waals surface area contributed by atoms with E-state index in [1.165, 1.54) is 12.8 Å². The Bertz CT molecular complexity index is 931. The van der Waals surface area contributed by atoms with Crippen molar-refractivity contribution in [3.8, 4) is 16.3 Å². The van der Waals surface area contributed by atoms with Gasteiger partial charge in [-0.3, -0.25) is 9.69 Å². The Kier molecular flexibility index (Phi) is 4.30. The van der Waals surface area contributed by atoms with Crippen molar-refractivity contribution in [1.82, 2.24) is 20.0 Å². The second-order valence-corrected chi connectivity index (χ2v) is 8.28. The number of hydrogen-bond acceptors (Lipinski definition) is 4. The van der Waals surface area contributed by atoms with Crippen molar-refractivity contribution in [2.75, 3.05) is 13.1 Å². The van der Waals surface area contributed by atoms with Crippen LogP contribution in [-0.2, 0) is 0 Å². The minimum atomic E-state index is -0.0248. The lowest BCUT2D eigenvalue weighted by Gasteiger charge is -2.15. The molecule has 2 aromatic heterocycles. The number of benzene rings is 1. The number of nitrogens with zero attached hydrogens (tertiary/aromatic N) is 3. The summed E-state index contributed by atoms with van der Waals surface area (Å²) in [7, 11) is 0. The zero-order valence-corrected chi connectivity index (χ0v) is 15.9. The molecule has 1 atom stereocenters. The van der Waals surface area contributed by atoms with Crippen LogP contribution in [0.3, 0.4) is 0 Å². The fourth-order valence-corrected chi connectivity index (χ4v) is 4.51. The second-order valence-electron chi connectivity index (χ2n) is 7.33. The fourth-order valence-electron chi connectivity index (χ4n) is 3.79. The number of rotatable bonds is 5. The molecule has 1 amide bonds. The predicted octanol–water partition coefficient (Wildman–Crippen LogP) is 3.57. The third-order valence-corrected chi connectivity index (χ3v) is 6.23. The molecular weight excluding hydrogens is 356 g/mol. The van der Waals surface area contributed by atoms with Gasteiger partial charge in [-0.05, 0) is 42.8 Å². The Balaban J connectivity index is 1.41. The average molecular weight is 379 g/mol. The highest BCUT2D eigenvalue weighted by Gasteiger charge is 2.35. The summed E-state index contributed by atoms with van der Waals surface area (Å²) in [5.41, 5.74) is 2.35. The van der Waals surface area contributed by atoms with Gasteiger partial charge < -0.3 is 5.32 Å². The van der Waals surface area contributed by atoms with E-state index >= 15 is 0 Å². The Morgan fingerprint density at radius 3 is 2.70 bits per heavy atom. The van der Waals surface area contributed by atoms with Crippen molar-refractivity contribution in [2.45, 2.75) is 31.3 Å². The Morgan fingerprint density at radius 1 is 1.11 bits per heavy atom. The van der Waals surface area contributed by atoms with Crippen molar-refractivity contribution in [3.05, 3.63) is 59.6 Å². The van der Waals surface area contributed by atoms with Crippen LogP contribution in [0, 0.1) is 0 Å². The standard InChI is InChI=1S/C21H22N4OS/c26-21(22-15-10-11-24(13-15)16-8-9-16)18-14-25(17-5-2-1-3-6-17)23-20(18)19-7-4-12-27-19/h1-7,12,14-16H,8-11,13H2,(H,22,26)/t15-/m0/s1. The van der Waals surface area contributed by atoms with E-state index in [2.05, 4.69) is 10.2 Å². The highest BCUT2D eigenvalue weighted by Crippen LogP contribution is 2.31. The molecule has 5 nitrogen and oxygen atoms in total. The first-order chi connectivity index (χ1) is 13.3. The average Bonchev–Trinajstić information content (AvgIpc) is 3.11. The molecule has 0 radical (unpaired) electrons. The zero-order valence-electron chi connectivity index (χ0n) is 15.0. The predicted molar refractivity (Wildman–Crippen MR) is 107 cm³/mol. The molecule has 5 rings (SSSR count). The van der Waals surface area contributed by atoms with Crippen molar-refractivity contribution in [3.63, 3.8) is 0 Å². The van der Waals surface area contributed by atoms with E-state index < -0.39 is 0 Å². The van der Waals surface area contributed by atoms with Gasteiger partial charge in [-0.15, -0.1) is 11.3 Å². The molecule has 3 heterocycles. The SMILES string of the molecule is O=C(N[C@H]1CCN(C2CC2)C1)c1cn(-c2ccccc2)nc1-c1cccs1. The molecule has 1 saturated heterocycles. The number of likely N-dealkylation sites (tertiary alicyclic amines) is 1. The van der Waals surface area contributed by atoms with Gasteiger partial charge in [0.1, 0.15) is 5.69 Å². The number of aromatic nitrogens is 2. The number of carbonyl (C=O) groups is 1. The maximum Gasteiger partial charge on any atom is 0.255 e. The van der Waals surface area contributed by atoms with Crippen molar-refractivity contribution >= 4 is 17.2 Å². The van der Waals surface area contributed by atoms with Gasteiger partial charge >= 0.3 is 0 Å². The van der Waals surface area contributed by atoms with Crippen LogP contribution in [0.5, 0.6) is 0 Å². The summed E-state index contributed by atoms with van der Waals surface area (Å²) in [6.07, 6.45) is 5.51. The van der Waals surface area contributed by atoms with E-state index in [1.807, 2.05) is 54.0 Å². The summed E-state index contributed by atoms with van der Waals surface area (Å²) in [5.74, 6) is -0.0248. The molecule has 1 aromatic carbocycles. The summed E-state index contributed by atoms with van der Waals surface area (Å²) in [4.78, 5) is 16.6. The van der Waals surface area contributed by atoms with Crippen LogP contribution in [-0.4, -0.2) is 45.8 Å². The second kappa shape index (κ2) is 6.94. The molecule has 3 aromatic rings. The smallest absolute Gasteiger partial charge is 0.255 e. The zero-order chi connectivity index (χ0) is 18.2. The first kappa shape index (κ1) is 16.7. The molecule has 1 aliphatic heterocycles. The molecule has 27 heavy (non-hydrogen) atoms. The number of carbonyl (C=O) groups excluding carboxylic acids is 1. The van der Waals surface area contributed by atoms with Gasteiger partial charge in [0.05, 0.1) is 16.1 Å². The highest BCUT2D eigenvalue weighted by atomic mass is 32.1. The Morgan fingerprint density at radius 2 is 1.96 bits per heavy atom. The quantitative estimate of drug-likeness (QED) is 0.738. The summed E-state index contributed by atoms with van der Waals surface area (Å²) >= 11 is 1.61. The highest BCUT2D eigenvalue weighted by molar-refractivity contribution is 7.13. The van der Waals surface area contributed by atoms with Gasteiger partial charge in [0.2, 0.25) is 0 Å². The molecule has 2 fully saturated rings. The third-order valence-electron chi connectivity index (χ3n) is 5.35. The molecule has 0 spiro atoms. The first-order valence-electron chi connectivity index (χ1n) is 9.52. The number of amides is 1. The normalized spacial score (nSPS) is 20.1. The fraction of sp³-hybridized carbons (Fsp3) is 0.333. The first-order valence-corrected chi connectivity index (χ1v) is 10.4. The van der Waals surface area contributed by atoms with Gasteiger partial charge in [0.25, 0.3) is 5.91 Å². The molecule has 1 N–H and O–H groups in total. The van der Waals surface area contributed by atoms with Crippen LogP contribution in [0.15, 0.2) is 54.0 Å². The maximum atomic E-state index is 13.1. The van der Waals surface area contributed by atoms with Gasteiger partial charge in [0, 0.05) is 31.4 Å². The van der Waals surface area contributed by atoms with Gasteiger partial charge in [-0.1, -0.05) is 24.3 Å². The molecule has 0 unspecified atom stereocenters. The molecule has 0 bridgehead atoms. The number of para-hydroxylation sites is 1. The van der Waals surface area contributed by atoms with E-state index in [0.717, 1.165) is 41.8 Å². The topological polar surface area (TPSA) is 50.2 Å². The summed E-state index contributed by atoms with van der Waals surface area (Å²) < 4.78 is 1.80. The van der Waals surface area contributed by atoms with Crippen LogP contribution >= 0.6 is 11.3 Å². The van der Waals surface area contributed by atoms with E-state index in [-0.39, 0.29) is 11.9 Å². The lowest BCUT2D eigenvalue weighted by atomic mass is 10.2. The summed E-state index contributed by atoms with van der Waals surface area (Å²) in [6, 6.07) is 14.9.